The highest BCUT2D eigenvalue weighted by atomic mass is 16.5. The highest BCUT2D eigenvalue weighted by Gasteiger charge is 2.15. The minimum Gasteiger partial charge on any atom is -0.491 e. The number of hydrogen-bond acceptors (Lipinski definition) is 4. The van der Waals surface area contributed by atoms with Crippen LogP contribution in [0.25, 0.3) is 0 Å². The number of rotatable bonds is 5. The minimum atomic E-state index is -0.417. The maximum absolute atomic E-state index is 11.7. The number of carbonyl (C=O) groups excluding carboxylic acids is 1. The predicted octanol–water partition coefficient (Wildman–Crippen LogP) is 2.62. The number of esters is 1. The molecule has 0 spiro atoms. The highest BCUT2D eigenvalue weighted by molar-refractivity contribution is 5.96. The lowest BCUT2D eigenvalue weighted by atomic mass is 10.1. The molecule has 0 aliphatic rings. The van der Waals surface area contributed by atoms with E-state index in [1.165, 1.54) is 0 Å². The van der Waals surface area contributed by atoms with E-state index in [9.17, 15) is 4.79 Å². The third kappa shape index (κ3) is 3.66. The molecule has 0 fully saturated rings. The molecule has 1 aromatic carbocycles. The van der Waals surface area contributed by atoms with Gasteiger partial charge in [0.15, 0.2) is 0 Å². The van der Waals surface area contributed by atoms with Crippen molar-refractivity contribution in [3.8, 4) is 5.75 Å². The summed E-state index contributed by atoms with van der Waals surface area (Å²) in [6, 6.07) is 5.12. The fraction of sp³-hybridized carbons (Fsp3) is 0.462. The molecular formula is C13H19NO3. The Bertz CT molecular complexity index is 388. The van der Waals surface area contributed by atoms with Gasteiger partial charge in [-0.25, -0.2) is 4.79 Å². The van der Waals surface area contributed by atoms with Crippen LogP contribution in [0.5, 0.6) is 5.75 Å². The van der Waals surface area contributed by atoms with Gasteiger partial charge in [-0.05, 0) is 32.4 Å². The van der Waals surface area contributed by atoms with Crippen LogP contribution >= 0.6 is 0 Å². The van der Waals surface area contributed by atoms with Crippen LogP contribution in [0.1, 0.15) is 37.6 Å². The van der Waals surface area contributed by atoms with Crippen LogP contribution in [0.4, 0.5) is 5.69 Å². The van der Waals surface area contributed by atoms with Crippen molar-refractivity contribution in [3.63, 3.8) is 0 Å². The average Bonchev–Trinajstić information content (AvgIpc) is 2.26. The summed E-state index contributed by atoms with van der Waals surface area (Å²) < 4.78 is 10.6. The Morgan fingerprint density at radius 2 is 2.12 bits per heavy atom. The van der Waals surface area contributed by atoms with Gasteiger partial charge in [-0.2, -0.15) is 0 Å². The third-order valence-electron chi connectivity index (χ3n) is 2.09. The van der Waals surface area contributed by atoms with Gasteiger partial charge >= 0.3 is 5.97 Å². The van der Waals surface area contributed by atoms with Crippen LogP contribution in [0.3, 0.4) is 0 Å². The summed E-state index contributed by atoms with van der Waals surface area (Å²) in [4.78, 5) is 11.7. The molecule has 0 amide bonds. The largest absolute Gasteiger partial charge is 0.491 e. The quantitative estimate of drug-likeness (QED) is 0.631. The Labute approximate surface area is 102 Å². The van der Waals surface area contributed by atoms with Crippen LogP contribution in [0.2, 0.25) is 0 Å². The summed E-state index contributed by atoms with van der Waals surface area (Å²) in [6.45, 7) is 6.18. The molecule has 4 nitrogen and oxygen atoms in total. The molecule has 0 saturated carbocycles. The fourth-order valence-corrected chi connectivity index (χ4v) is 1.34. The molecule has 0 aromatic heterocycles. The van der Waals surface area contributed by atoms with Crippen LogP contribution in [0, 0.1) is 0 Å². The molecule has 1 aromatic rings. The van der Waals surface area contributed by atoms with E-state index >= 15 is 0 Å². The fourth-order valence-electron chi connectivity index (χ4n) is 1.34. The number of para-hydroxylation sites is 1. The normalized spacial score (nSPS) is 10.4. The summed E-state index contributed by atoms with van der Waals surface area (Å²) in [5, 5.41) is 0. The second-order valence-electron chi connectivity index (χ2n) is 4.02. The number of benzene rings is 1. The molecule has 2 N–H and O–H groups in total. The zero-order valence-electron chi connectivity index (χ0n) is 10.5. The van der Waals surface area contributed by atoms with Gasteiger partial charge in [0.1, 0.15) is 5.75 Å². The maximum atomic E-state index is 11.7. The van der Waals surface area contributed by atoms with E-state index in [1.807, 2.05) is 6.92 Å². The number of nitrogen functional groups attached to an aromatic ring is 1. The van der Waals surface area contributed by atoms with E-state index < -0.39 is 5.97 Å². The predicted molar refractivity (Wildman–Crippen MR) is 67.2 cm³/mol. The topological polar surface area (TPSA) is 61.5 Å². The molecule has 4 heteroatoms. The Morgan fingerprint density at radius 1 is 1.41 bits per heavy atom. The summed E-state index contributed by atoms with van der Waals surface area (Å²) in [6.07, 6.45) is 0.724. The van der Waals surface area contributed by atoms with E-state index in [0.29, 0.717) is 23.6 Å². The lowest BCUT2D eigenvalue weighted by Crippen LogP contribution is -2.14. The van der Waals surface area contributed by atoms with Crippen molar-refractivity contribution >= 4 is 11.7 Å². The molecule has 0 unspecified atom stereocenters. The zero-order valence-corrected chi connectivity index (χ0v) is 10.5. The van der Waals surface area contributed by atoms with Gasteiger partial charge in [0.2, 0.25) is 0 Å². The summed E-state index contributed by atoms with van der Waals surface area (Å²) in [7, 11) is 0. The highest BCUT2D eigenvalue weighted by Crippen LogP contribution is 2.26. The van der Waals surface area contributed by atoms with Crippen molar-refractivity contribution in [1.82, 2.24) is 0 Å². The standard InChI is InChI=1S/C13H19NO3/c1-4-8-16-11-7-5-6-10(12(11)14)13(15)17-9(2)3/h5-7,9H,4,8,14H2,1-3H3. The molecule has 0 bridgehead atoms. The first-order valence-corrected chi connectivity index (χ1v) is 5.78. The van der Waals surface area contributed by atoms with Crippen LogP contribution in [-0.2, 0) is 4.74 Å². The summed E-state index contributed by atoms with van der Waals surface area (Å²) in [5.74, 6) is 0.115. The van der Waals surface area contributed by atoms with E-state index in [1.54, 1.807) is 32.0 Å². The van der Waals surface area contributed by atoms with Gasteiger partial charge in [0.25, 0.3) is 0 Å². The molecule has 94 valence electrons. The van der Waals surface area contributed by atoms with Crippen LogP contribution in [0.15, 0.2) is 18.2 Å². The van der Waals surface area contributed by atoms with Crippen molar-refractivity contribution in [2.45, 2.75) is 33.3 Å². The Morgan fingerprint density at radius 3 is 2.71 bits per heavy atom. The van der Waals surface area contributed by atoms with Crippen LogP contribution in [-0.4, -0.2) is 18.7 Å². The smallest absolute Gasteiger partial charge is 0.340 e. The number of nitrogens with two attached hydrogens (primary N) is 1. The van der Waals surface area contributed by atoms with Gasteiger partial charge in [-0.15, -0.1) is 0 Å². The van der Waals surface area contributed by atoms with E-state index in [2.05, 4.69) is 0 Å². The first kappa shape index (κ1) is 13.4. The summed E-state index contributed by atoms with van der Waals surface area (Å²) in [5.41, 5.74) is 6.57. The molecule has 17 heavy (non-hydrogen) atoms. The first-order valence-electron chi connectivity index (χ1n) is 5.78. The molecule has 0 heterocycles. The van der Waals surface area contributed by atoms with Gasteiger partial charge in [0, 0.05) is 0 Å². The van der Waals surface area contributed by atoms with Gasteiger partial charge in [-0.3, -0.25) is 0 Å². The maximum Gasteiger partial charge on any atom is 0.340 e. The minimum absolute atomic E-state index is 0.165. The van der Waals surface area contributed by atoms with Crippen molar-refractivity contribution in [2.24, 2.45) is 0 Å². The van der Waals surface area contributed by atoms with Crippen molar-refractivity contribution in [2.75, 3.05) is 12.3 Å². The Balaban J connectivity index is 2.89. The van der Waals surface area contributed by atoms with Crippen molar-refractivity contribution < 1.29 is 14.3 Å². The number of carbonyl (C=O) groups is 1. The molecule has 1 rings (SSSR count). The Hall–Kier alpha value is -1.71. The molecule has 0 radical (unpaired) electrons. The monoisotopic (exact) mass is 237 g/mol. The molecular weight excluding hydrogens is 218 g/mol. The first-order chi connectivity index (χ1) is 8.06. The zero-order chi connectivity index (χ0) is 12.8. The number of hydrogen-bond donors (Lipinski definition) is 1. The second-order valence-corrected chi connectivity index (χ2v) is 4.02. The van der Waals surface area contributed by atoms with Gasteiger partial charge in [0.05, 0.1) is 24.0 Å². The average molecular weight is 237 g/mol. The van der Waals surface area contributed by atoms with Crippen molar-refractivity contribution in [1.29, 1.82) is 0 Å². The lowest BCUT2D eigenvalue weighted by molar-refractivity contribution is 0.0379. The summed E-state index contributed by atoms with van der Waals surface area (Å²) >= 11 is 0. The second kappa shape index (κ2) is 6.13. The van der Waals surface area contributed by atoms with Crippen LogP contribution < -0.4 is 10.5 Å². The van der Waals surface area contributed by atoms with Crippen molar-refractivity contribution in [3.05, 3.63) is 23.8 Å². The SMILES string of the molecule is CCCOc1cccc(C(=O)OC(C)C)c1N. The third-order valence-corrected chi connectivity index (χ3v) is 2.09. The molecule has 0 aliphatic carbocycles. The molecule has 0 aliphatic heterocycles. The lowest BCUT2D eigenvalue weighted by Gasteiger charge is -2.12. The Kier molecular flexibility index (Phi) is 4.82. The number of anilines is 1. The molecule has 0 saturated heterocycles. The molecule has 0 atom stereocenters. The van der Waals surface area contributed by atoms with E-state index in [4.69, 9.17) is 15.2 Å². The van der Waals surface area contributed by atoms with E-state index in [-0.39, 0.29) is 6.10 Å². The van der Waals surface area contributed by atoms with Gasteiger partial charge in [-0.1, -0.05) is 13.0 Å². The number of ether oxygens (including phenoxy) is 2. The van der Waals surface area contributed by atoms with E-state index in [0.717, 1.165) is 6.42 Å². The van der Waals surface area contributed by atoms with Gasteiger partial charge < -0.3 is 15.2 Å².